The van der Waals surface area contributed by atoms with Gasteiger partial charge in [0.2, 0.25) is 0 Å². The molecule has 6 aliphatic rings. The Labute approximate surface area is 636 Å². The van der Waals surface area contributed by atoms with Crippen LogP contribution in [0.2, 0.25) is 0 Å². The van der Waals surface area contributed by atoms with E-state index in [1.54, 1.807) is 0 Å². The van der Waals surface area contributed by atoms with Gasteiger partial charge in [0, 0.05) is 34.0 Å². The summed E-state index contributed by atoms with van der Waals surface area (Å²) in [5.41, 5.74) is 33.0. The quantitative estimate of drug-likeness (QED) is 0.0968. The molecule has 6 aromatic carbocycles. The summed E-state index contributed by atoms with van der Waals surface area (Å²) in [4.78, 5) is 32.4. The fourth-order valence-corrected chi connectivity index (χ4v) is 17.6. The summed E-state index contributed by atoms with van der Waals surface area (Å²) in [5.74, 6) is 1.41. The molecular weight excluding hydrogens is 1340 g/mol. The van der Waals surface area contributed by atoms with E-state index in [0.717, 1.165) is 48.4 Å². The second-order valence-corrected chi connectivity index (χ2v) is 30.5. The predicted octanol–water partition coefficient (Wildman–Crippen LogP) is 26.0. The molecule has 6 aliphatic carbocycles. The molecule has 0 saturated heterocycles. The Balaban J connectivity index is 0.000000711. The molecule has 6 nitrogen and oxygen atoms in total. The molecular formula is C90H126N6Ni3. The summed E-state index contributed by atoms with van der Waals surface area (Å²) in [6.45, 7) is 52.5. The van der Waals surface area contributed by atoms with E-state index in [4.69, 9.17) is 30.0 Å². The third-order valence-corrected chi connectivity index (χ3v) is 24.4. The summed E-state index contributed by atoms with van der Waals surface area (Å²) < 4.78 is 0. The molecule has 0 heterocycles. The van der Waals surface area contributed by atoms with Crippen LogP contribution < -0.4 is 0 Å². The fraction of sp³-hybridized carbons (Fsp3) is 0.467. The molecule has 6 fully saturated rings. The minimum atomic E-state index is 0. The van der Waals surface area contributed by atoms with E-state index < -0.39 is 0 Å². The molecule has 6 saturated carbocycles. The van der Waals surface area contributed by atoms with Crippen molar-refractivity contribution < 1.29 is 49.5 Å². The van der Waals surface area contributed by atoms with Crippen LogP contribution in [0.3, 0.4) is 0 Å². The largest absolute Gasteiger partial charge is 2.00 e. The van der Waals surface area contributed by atoms with E-state index in [1.165, 1.54) is 162 Å². The van der Waals surface area contributed by atoms with Crippen LogP contribution in [0.4, 0.5) is 34.1 Å². The van der Waals surface area contributed by atoms with Crippen molar-refractivity contribution in [3.63, 3.8) is 0 Å². The molecule has 6 atom stereocenters. The van der Waals surface area contributed by atoms with Crippen LogP contribution in [-0.2, 0) is 75.2 Å². The number of hydrogen-bond donors (Lipinski definition) is 0. The maximum atomic E-state index is 5.52. The van der Waals surface area contributed by atoms with Gasteiger partial charge < -0.3 is 44.6 Å². The SMILES string of the molecule is CCc1cccc(CC)c1N=C1C(=Nc2c(CC)cccc2CC)C2(C)CCC1C2(C)C.Cc1cc(C)c(N=C2C(=Nc3c(C)cc(C)cc3C)C3(C)CCC2C3(C)C)c(C)c1.Cc1cccc(C)c1N=C1C(=Nc2c(C)cccc2C)C2(C)CCC1C2(C)C.[CH3-].[CH3-].[CH3-].[CH3-].[CH3-].[CH3-].[Ni+2].[Ni+2].[Ni+2]. The molecule has 0 N–H and O–H groups in total. The molecule has 99 heavy (non-hydrogen) atoms. The Bertz CT molecular complexity index is 3890. The van der Waals surface area contributed by atoms with Gasteiger partial charge in [-0.25, -0.2) is 0 Å². The van der Waals surface area contributed by atoms with E-state index in [9.17, 15) is 0 Å². The smallest absolute Gasteiger partial charge is 0.358 e. The Hall–Kier alpha value is -5.18. The van der Waals surface area contributed by atoms with Crippen molar-refractivity contribution in [1.29, 1.82) is 0 Å². The Morgan fingerprint density at radius 2 is 0.495 bits per heavy atom. The maximum absolute atomic E-state index is 5.52. The van der Waals surface area contributed by atoms with E-state index in [-0.39, 0.29) is 127 Å². The van der Waals surface area contributed by atoms with E-state index in [1.807, 2.05) is 0 Å². The van der Waals surface area contributed by atoms with Crippen LogP contribution in [0.15, 0.2) is 127 Å². The van der Waals surface area contributed by atoms with Gasteiger partial charge in [0.1, 0.15) is 0 Å². The number of rotatable bonds is 10. The molecule has 6 unspecified atom stereocenters. The first kappa shape index (κ1) is 91.8. The van der Waals surface area contributed by atoms with Crippen molar-refractivity contribution in [3.8, 4) is 0 Å². The van der Waals surface area contributed by atoms with Crippen molar-refractivity contribution >= 4 is 68.4 Å². The van der Waals surface area contributed by atoms with Gasteiger partial charge in [-0.15, -0.1) is 0 Å². The van der Waals surface area contributed by atoms with Gasteiger partial charge in [-0.1, -0.05) is 198 Å². The first-order valence-electron chi connectivity index (χ1n) is 34.5. The first-order chi connectivity index (χ1) is 42.4. The van der Waals surface area contributed by atoms with Crippen molar-refractivity contribution in [2.75, 3.05) is 0 Å². The average molecular weight is 1470 g/mol. The molecule has 0 aromatic heterocycles. The number of aryl methyl sites for hydroxylation is 14. The number of aliphatic imine (C=N–C) groups is 6. The molecule has 0 aliphatic heterocycles. The standard InChI is InChI=1S/C30H40N2.C28H36N2.C26H32N2.6CH3.3Ni/c1-8-20-14-12-15-21(9-2)25(20)31-27-24-18-19-30(7,29(24,5)6)28(27)32-26-22(10-3)16-13-17-23(26)11-4;1-16-12-18(3)23(19(4)13-16)29-25-22-10-11-28(9,27(22,7)8)26(25)30-24-20(5)14-17(2)15-21(24)6;1-16-10-8-11-17(2)21(16)27-23-20-14-15-26(7,25(20,5)6)24(23)28-22-18(3)12-9-13-19(22)4;;;;;;;;;/h12-17,24H,8-11,18-19H2,1-7H3;12-15,22H,10-11H2,1-9H3;8-13,20H,14-15H2,1-7H3;6*1H3;;;/q;;;6*-1;3*+2. The van der Waals surface area contributed by atoms with Gasteiger partial charge >= 0.3 is 49.5 Å². The van der Waals surface area contributed by atoms with E-state index in [0.29, 0.717) is 17.8 Å². The van der Waals surface area contributed by atoms with E-state index >= 15 is 0 Å². The molecule has 0 radical (unpaired) electrons. The van der Waals surface area contributed by atoms with Crippen molar-refractivity contribution in [2.45, 2.75) is 223 Å². The van der Waals surface area contributed by atoms with E-state index in [2.05, 4.69) is 256 Å². The zero-order valence-electron chi connectivity index (χ0n) is 66.7. The number of fused-ring (bicyclic) bond motifs is 6. The van der Waals surface area contributed by atoms with Gasteiger partial charge in [0.05, 0.1) is 68.4 Å². The molecule has 0 amide bonds. The summed E-state index contributed by atoms with van der Waals surface area (Å²) in [6, 6.07) is 35.2. The van der Waals surface area contributed by atoms with Gasteiger partial charge in [0.15, 0.2) is 0 Å². The number of hydrogen-bond acceptors (Lipinski definition) is 6. The molecule has 12 rings (SSSR count). The summed E-state index contributed by atoms with van der Waals surface area (Å²) >= 11 is 0. The minimum absolute atomic E-state index is 0. The second kappa shape index (κ2) is 34.9. The molecule has 6 aromatic rings. The fourth-order valence-electron chi connectivity index (χ4n) is 17.6. The Kier molecular flexibility index (Phi) is 32.3. The Morgan fingerprint density at radius 1 is 0.293 bits per heavy atom. The molecule has 6 bridgehead atoms. The maximum Gasteiger partial charge on any atom is 2.00 e. The van der Waals surface area contributed by atoms with Crippen LogP contribution in [-0.4, -0.2) is 34.3 Å². The summed E-state index contributed by atoms with van der Waals surface area (Å²) in [6.07, 6.45) is 11.3. The third kappa shape index (κ3) is 15.8. The van der Waals surface area contributed by atoms with Gasteiger partial charge in [-0.2, -0.15) is 0 Å². The van der Waals surface area contributed by atoms with Crippen LogP contribution in [0.1, 0.15) is 206 Å². The number of para-hydroxylation sites is 4. The van der Waals surface area contributed by atoms with Crippen molar-refractivity contribution in [2.24, 2.45) is 80.2 Å². The molecule has 9 heteroatoms. The van der Waals surface area contributed by atoms with Crippen LogP contribution in [0.5, 0.6) is 0 Å². The monoisotopic (exact) mass is 1460 g/mol. The normalized spacial score (nSPS) is 24.9. The number of nitrogens with zero attached hydrogens (tertiary/aromatic N) is 6. The zero-order valence-corrected chi connectivity index (χ0v) is 69.6. The topological polar surface area (TPSA) is 74.2 Å². The van der Waals surface area contributed by atoms with Crippen LogP contribution in [0.25, 0.3) is 0 Å². The molecule has 0 spiro atoms. The average Bonchev–Trinajstić information content (AvgIpc) is 1.56. The molecule has 546 valence electrons. The van der Waals surface area contributed by atoms with Crippen molar-refractivity contribution in [1.82, 2.24) is 0 Å². The summed E-state index contributed by atoms with van der Waals surface area (Å²) in [7, 11) is 0. The minimum Gasteiger partial charge on any atom is -0.358 e. The van der Waals surface area contributed by atoms with Crippen molar-refractivity contribution in [3.05, 3.63) is 220 Å². The first-order valence-corrected chi connectivity index (χ1v) is 34.5. The zero-order chi connectivity index (χ0) is 65.4. The summed E-state index contributed by atoms with van der Waals surface area (Å²) in [5, 5.41) is 0. The number of benzene rings is 6. The Morgan fingerprint density at radius 3 is 0.758 bits per heavy atom. The van der Waals surface area contributed by atoms with Crippen LogP contribution in [0, 0.1) is 164 Å². The van der Waals surface area contributed by atoms with Gasteiger partial charge in [0.25, 0.3) is 0 Å². The second-order valence-electron chi connectivity index (χ2n) is 30.5. The van der Waals surface area contributed by atoms with Crippen LogP contribution >= 0.6 is 0 Å². The third-order valence-electron chi connectivity index (χ3n) is 24.4. The predicted molar refractivity (Wildman–Crippen MR) is 428 cm³/mol. The van der Waals surface area contributed by atoms with Gasteiger partial charge in [-0.05, 0) is 216 Å². The van der Waals surface area contributed by atoms with Gasteiger partial charge in [-0.3, -0.25) is 30.0 Å².